The summed E-state index contributed by atoms with van der Waals surface area (Å²) < 4.78 is 12.2. The molecule has 2 N–H and O–H groups in total. The van der Waals surface area contributed by atoms with Crippen molar-refractivity contribution in [2.45, 2.75) is 27.5 Å². The van der Waals surface area contributed by atoms with Crippen molar-refractivity contribution in [3.05, 3.63) is 17.6 Å². The zero-order valence-electron chi connectivity index (χ0n) is 11.8. The highest BCUT2D eigenvalue weighted by Crippen LogP contribution is 2.26. The lowest BCUT2D eigenvalue weighted by Crippen LogP contribution is -2.11. The molecule has 0 bridgehead atoms. The van der Waals surface area contributed by atoms with Crippen molar-refractivity contribution < 1.29 is 14.3 Å². The molecule has 7 heteroatoms. The van der Waals surface area contributed by atoms with Crippen LogP contribution in [-0.4, -0.2) is 33.7 Å². The Bertz CT molecular complexity index is 636. The second-order valence-corrected chi connectivity index (χ2v) is 4.47. The van der Waals surface area contributed by atoms with Gasteiger partial charge in [-0.3, -0.25) is 4.79 Å². The van der Waals surface area contributed by atoms with E-state index in [1.165, 1.54) is 13.3 Å². The van der Waals surface area contributed by atoms with Crippen LogP contribution in [0.1, 0.15) is 18.2 Å². The molecule has 20 heavy (non-hydrogen) atoms. The molecule has 0 aliphatic carbocycles. The number of anilines is 1. The van der Waals surface area contributed by atoms with Crippen LogP contribution >= 0.6 is 0 Å². The second kappa shape index (κ2) is 5.87. The largest absolute Gasteiger partial charge is 0.463 e. The third-order valence-electron chi connectivity index (χ3n) is 3.19. The lowest BCUT2D eigenvalue weighted by Gasteiger charge is -2.09. The summed E-state index contributed by atoms with van der Waals surface area (Å²) in [5, 5.41) is 0.855. The van der Waals surface area contributed by atoms with Crippen molar-refractivity contribution in [1.82, 2.24) is 14.5 Å². The minimum absolute atomic E-state index is 0.240. The van der Waals surface area contributed by atoms with Gasteiger partial charge in [0.1, 0.15) is 31.1 Å². The van der Waals surface area contributed by atoms with Crippen molar-refractivity contribution in [3.8, 4) is 0 Å². The Kier molecular flexibility index (Phi) is 4.19. The van der Waals surface area contributed by atoms with Gasteiger partial charge in [0.2, 0.25) is 0 Å². The quantitative estimate of drug-likeness (QED) is 0.652. The number of nitrogens with zero attached hydrogens (tertiary/aromatic N) is 3. The zero-order chi connectivity index (χ0) is 14.7. The van der Waals surface area contributed by atoms with Crippen molar-refractivity contribution in [1.29, 1.82) is 0 Å². The predicted octanol–water partition coefficient (Wildman–Crippen LogP) is 1.17. The molecule has 0 aliphatic rings. The standard InChI is InChI=1S/C13H18N4O3/c1-8-9(2)17(7-19-4-5-20-10(3)18)13-11(8)12(14)15-6-16-13/h6H,4-5,7H2,1-3H3,(H2,14,15,16). The Morgan fingerprint density at radius 3 is 2.80 bits per heavy atom. The van der Waals surface area contributed by atoms with Crippen LogP contribution in [0, 0.1) is 13.8 Å². The number of hydrogen-bond acceptors (Lipinski definition) is 6. The third-order valence-corrected chi connectivity index (χ3v) is 3.19. The van der Waals surface area contributed by atoms with Gasteiger partial charge in [0.05, 0.1) is 12.0 Å². The maximum Gasteiger partial charge on any atom is 0.302 e. The molecule has 0 aliphatic heterocycles. The van der Waals surface area contributed by atoms with Gasteiger partial charge in [0.15, 0.2) is 0 Å². The van der Waals surface area contributed by atoms with Gasteiger partial charge in [-0.2, -0.15) is 0 Å². The number of fused-ring (bicyclic) bond motifs is 1. The van der Waals surface area contributed by atoms with Gasteiger partial charge in [-0.25, -0.2) is 9.97 Å². The number of carbonyl (C=O) groups is 1. The van der Waals surface area contributed by atoms with Gasteiger partial charge in [-0.15, -0.1) is 0 Å². The fourth-order valence-electron chi connectivity index (χ4n) is 2.05. The molecule has 0 saturated heterocycles. The number of rotatable bonds is 5. The number of nitrogen functional groups attached to an aromatic ring is 1. The van der Waals surface area contributed by atoms with Crippen molar-refractivity contribution in [2.75, 3.05) is 18.9 Å². The summed E-state index contributed by atoms with van der Waals surface area (Å²) in [5.74, 6) is 0.154. The van der Waals surface area contributed by atoms with Crippen LogP contribution in [0.15, 0.2) is 6.33 Å². The molecule has 0 spiro atoms. The first-order chi connectivity index (χ1) is 9.52. The molecule has 2 rings (SSSR count). The molecule has 0 fully saturated rings. The lowest BCUT2D eigenvalue weighted by molar-refractivity contribution is -0.142. The first-order valence-corrected chi connectivity index (χ1v) is 6.29. The summed E-state index contributed by atoms with van der Waals surface area (Å²) >= 11 is 0. The van der Waals surface area contributed by atoms with Crippen molar-refractivity contribution >= 4 is 22.8 Å². The van der Waals surface area contributed by atoms with Gasteiger partial charge < -0.3 is 19.8 Å². The fraction of sp³-hybridized carbons (Fsp3) is 0.462. The van der Waals surface area contributed by atoms with Crippen LogP contribution in [0.5, 0.6) is 0 Å². The first kappa shape index (κ1) is 14.3. The van der Waals surface area contributed by atoms with E-state index in [0.29, 0.717) is 19.2 Å². The maximum absolute atomic E-state index is 10.6. The van der Waals surface area contributed by atoms with Crippen LogP contribution in [0.25, 0.3) is 11.0 Å². The van der Waals surface area contributed by atoms with E-state index < -0.39 is 0 Å². The van der Waals surface area contributed by atoms with Crippen LogP contribution in [0.4, 0.5) is 5.82 Å². The van der Waals surface area contributed by atoms with E-state index in [9.17, 15) is 4.79 Å². The highest BCUT2D eigenvalue weighted by atomic mass is 16.6. The second-order valence-electron chi connectivity index (χ2n) is 4.47. The molecular formula is C13H18N4O3. The number of aromatic nitrogens is 3. The van der Waals surface area contributed by atoms with E-state index in [-0.39, 0.29) is 12.6 Å². The molecule has 2 aromatic rings. The zero-order valence-corrected chi connectivity index (χ0v) is 11.8. The SMILES string of the molecule is CC(=O)OCCOCn1c(C)c(C)c2c(N)ncnc21. The molecule has 108 valence electrons. The highest BCUT2D eigenvalue weighted by Gasteiger charge is 2.14. The molecule has 7 nitrogen and oxygen atoms in total. The van der Waals surface area contributed by atoms with E-state index >= 15 is 0 Å². The summed E-state index contributed by atoms with van der Waals surface area (Å²) in [6, 6.07) is 0. The fourth-order valence-corrected chi connectivity index (χ4v) is 2.05. The summed E-state index contributed by atoms with van der Waals surface area (Å²) in [7, 11) is 0. The van der Waals surface area contributed by atoms with Crippen molar-refractivity contribution in [3.63, 3.8) is 0 Å². The molecule has 2 heterocycles. The predicted molar refractivity (Wildman–Crippen MR) is 74.0 cm³/mol. The minimum Gasteiger partial charge on any atom is -0.463 e. The minimum atomic E-state index is -0.312. The Labute approximate surface area is 116 Å². The summed E-state index contributed by atoms with van der Waals surface area (Å²) in [6.07, 6.45) is 1.44. The van der Waals surface area contributed by atoms with Gasteiger partial charge >= 0.3 is 5.97 Å². The first-order valence-electron chi connectivity index (χ1n) is 6.29. The Balaban J connectivity index is 2.12. The number of esters is 1. The maximum atomic E-state index is 10.6. The Morgan fingerprint density at radius 2 is 2.10 bits per heavy atom. The molecule has 0 radical (unpaired) electrons. The van der Waals surface area contributed by atoms with Crippen LogP contribution in [-0.2, 0) is 21.0 Å². The monoisotopic (exact) mass is 278 g/mol. The third kappa shape index (κ3) is 2.72. The lowest BCUT2D eigenvalue weighted by atomic mass is 10.2. The van der Waals surface area contributed by atoms with Gasteiger partial charge in [0, 0.05) is 12.6 Å². The molecule has 0 amide bonds. The molecule has 0 unspecified atom stereocenters. The van der Waals surface area contributed by atoms with Crippen LogP contribution in [0.2, 0.25) is 0 Å². The number of hydrogen-bond donors (Lipinski definition) is 1. The topological polar surface area (TPSA) is 92.3 Å². The molecular weight excluding hydrogens is 260 g/mol. The van der Waals surface area contributed by atoms with Gasteiger partial charge in [0.25, 0.3) is 0 Å². The van der Waals surface area contributed by atoms with E-state index in [4.69, 9.17) is 15.2 Å². The average Bonchev–Trinajstić information content (AvgIpc) is 2.64. The van der Waals surface area contributed by atoms with Crippen LogP contribution < -0.4 is 5.73 Å². The van der Waals surface area contributed by atoms with Gasteiger partial charge in [-0.05, 0) is 19.4 Å². The van der Waals surface area contributed by atoms with Crippen LogP contribution in [0.3, 0.4) is 0 Å². The average molecular weight is 278 g/mol. The van der Waals surface area contributed by atoms with E-state index in [0.717, 1.165) is 22.3 Å². The van der Waals surface area contributed by atoms with Gasteiger partial charge in [-0.1, -0.05) is 0 Å². The molecule has 0 saturated carbocycles. The summed E-state index contributed by atoms with van der Waals surface area (Å²) in [5.41, 5.74) is 8.71. The Hall–Kier alpha value is -2.15. The highest BCUT2D eigenvalue weighted by molar-refractivity contribution is 5.90. The van der Waals surface area contributed by atoms with E-state index in [2.05, 4.69) is 9.97 Å². The number of nitrogens with two attached hydrogens (primary N) is 1. The Morgan fingerprint density at radius 1 is 1.35 bits per heavy atom. The summed E-state index contributed by atoms with van der Waals surface area (Å²) in [4.78, 5) is 18.9. The molecule has 2 aromatic heterocycles. The van der Waals surface area contributed by atoms with Crippen molar-refractivity contribution in [2.24, 2.45) is 0 Å². The number of aryl methyl sites for hydroxylation is 1. The smallest absolute Gasteiger partial charge is 0.302 e. The van der Waals surface area contributed by atoms with E-state index in [1.807, 2.05) is 18.4 Å². The normalized spacial score (nSPS) is 10.9. The number of carbonyl (C=O) groups excluding carboxylic acids is 1. The molecule has 0 aromatic carbocycles. The summed E-state index contributed by atoms with van der Waals surface area (Å²) in [6.45, 7) is 6.22. The van der Waals surface area contributed by atoms with E-state index in [1.54, 1.807) is 0 Å². The number of ether oxygens (including phenoxy) is 2. The molecule has 0 atom stereocenters.